The number of hydrogen-bond acceptors (Lipinski definition) is 4. The normalized spacial score (nSPS) is 11.1. The van der Waals surface area contributed by atoms with E-state index in [9.17, 15) is 18.5 Å². The van der Waals surface area contributed by atoms with Gasteiger partial charge in [0, 0.05) is 11.6 Å². The monoisotopic (exact) mass is 241 g/mol. The van der Waals surface area contributed by atoms with Crippen LogP contribution in [0.3, 0.4) is 0 Å². The van der Waals surface area contributed by atoms with E-state index in [4.69, 9.17) is 0 Å². The van der Waals surface area contributed by atoms with E-state index in [1.54, 1.807) is 6.92 Å². The molecular formula is C10H11NO4S. The number of benzene rings is 1. The van der Waals surface area contributed by atoms with E-state index in [2.05, 4.69) is 6.58 Å². The molecule has 86 valence electrons. The largest absolute Gasteiger partial charge is 0.273 e. The maximum Gasteiger partial charge on any atom is 0.273 e. The standard InChI is InChI=1S/C10H11NO4S/c1-3-6-16(14,15)9-5-4-8(2)10(7-9)11(12)13/h3-5,7H,1,6H2,2H3. The predicted octanol–water partition coefficient (Wildman–Crippen LogP) is 1.86. The molecule has 0 aliphatic rings. The average Bonchev–Trinajstić information content (AvgIpc) is 2.17. The minimum Gasteiger partial charge on any atom is -0.258 e. The lowest BCUT2D eigenvalue weighted by Crippen LogP contribution is -2.05. The quantitative estimate of drug-likeness (QED) is 0.458. The molecule has 0 amide bonds. The Morgan fingerprint density at radius 1 is 1.50 bits per heavy atom. The number of nitrogens with zero attached hydrogens (tertiary/aromatic N) is 1. The number of nitro groups is 1. The Balaban J connectivity index is 3.33. The number of aryl methyl sites for hydroxylation is 1. The molecule has 0 bridgehead atoms. The molecule has 0 heterocycles. The number of sulfone groups is 1. The molecule has 1 rings (SSSR count). The highest BCUT2D eigenvalue weighted by Gasteiger charge is 2.18. The molecule has 0 unspecified atom stereocenters. The van der Waals surface area contributed by atoms with Crippen LogP contribution in [0.15, 0.2) is 35.7 Å². The molecule has 0 spiro atoms. The van der Waals surface area contributed by atoms with Gasteiger partial charge < -0.3 is 0 Å². The van der Waals surface area contributed by atoms with Crippen LogP contribution in [0.5, 0.6) is 0 Å². The molecule has 0 fully saturated rings. The van der Waals surface area contributed by atoms with Gasteiger partial charge in [0.15, 0.2) is 9.84 Å². The highest BCUT2D eigenvalue weighted by atomic mass is 32.2. The van der Waals surface area contributed by atoms with E-state index >= 15 is 0 Å². The van der Waals surface area contributed by atoms with E-state index in [-0.39, 0.29) is 16.3 Å². The van der Waals surface area contributed by atoms with Gasteiger partial charge in [0.2, 0.25) is 0 Å². The number of hydrogen-bond donors (Lipinski definition) is 0. The summed E-state index contributed by atoms with van der Waals surface area (Å²) in [5, 5.41) is 10.6. The summed E-state index contributed by atoms with van der Waals surface area (Å²) in [6.07, 6.45) is 1.25. The third-order valence-corrected chi connectivity index (χ3v) is 3.72. The molecular weight excluding hydrogens is 230 g/mol. The maximum atomic E-state index is 11.6. The Morgan fingerprint density at radius 2 is 2.12 bits per heavy atom. The molecule has 5 nitrogen and oxygen atoms in total. The van der Waals surface area contributed by atoms with Crippen molar-refractivity contribution in [3.8, 4) is 0 Å². The highest BCUT2D eigenvalue weighted by Crippen LogP contribution is 2.22. The zero-order chi connectivity index (χ0) is 12.3. The number of nitro benzene ring substituents is 1. The van der Waals surface area contributed by atoms with Crippen molar-refractivity contribution in [3.05, 3.63) is 46.5 Å². The Morgan fingerprint density at radius 3 is 2.62 bits per heavy atom. The first-order valence-corrected chi connectivity index (χ1v) is 6.12. The van der Waals surface area contributed by atoms with Crippen molar-refractivity contribution in [2.75, 3.05) is 5.75 Å². The summed E-state index contributed by atoms with van der Waals surface area (Å²) in [5.41, 5.74) is 0.243. The Hall–Kier alpha value is -1.69. The van der Waals surface area contributed by atoms with Crippen LogP contribution in [-0.2, 0) is 9.84 Å². The predicted molar refractivity (Wildman–Crippen MR) is 60.1 cm³/mol. The molecule has 1 aromatic carbocycles. The average molecular weight is 241 g/mol. The molecule has 0 saturated heterocycles. The van der Waals surface area contributed by atoms with Gasteiger partial charge in [-0.3, -0.25) is 10.1 Å². The fourth-order valence-corrected chi connectivity index (χ4v) is 2.30. The van der Waals surface area contributed by atoms with E-state index in [0.717, 1.165) is 6.07 Å². The third kappa shape index (κ3) is 2.46. The highest BCUT2D eigenvalue weighted by molar-refractivity contribution is 7.91. The van der Waals surface area contributed by atoms with Crippen molar-refractivity contribution in [1.29, 1.82) is 0 Å². The molecule has 0 saturated carbocycles. The summed E-state index contributed by atoms with van der Waals surface area (Å²) in [7, 11) is -3.51. The molecule has 16 heavy (non-hydrogen) atoms. The second-order valence-corrected chi connectivity index (χ2v) is 5.31. The zero-order valence-corrected chi connectivity index (χ0v) is 9.53. The molecule has 0 aromatic heterocycles. The van der Waals surface area contributed by atoms with Gasteiger partial charge in [0.25, 0.3) is 5.69 Å². The Kier molecular flexibility index (Phi) is 3.44. The van der Waals surface area contributed by atoms with Crippen LogP contribution in [0.2, 0.25) is 0 Å². The van der Waals surface area contributed by atoms with E-state index in [1.165, 1.54) is 18.2 Å². The molecule has 0 aliphatic heterocycles. The van der Waals surface area contributed by atoms with Crippen molar-refractivity contribution >= 4 is 15.5 Å². The van der Waals surface area contributed by atoms with Crippen molar-refractivity contribution in [2.45, 2.75) is 11.8 Å². The Bertz CT molecular complexity index is 534. The number of rotatable bonds is 4. The van der Waals surface area contributed by atoms with Gasteiger partial charge in [-0.15, -0.1) is 6.58 Å². The topological polar surface area (TPSA) is 77.3 Å². The van der Waals surface area contributed by atoms with E-state index in [0.29, 0.717) is 5.56 Å². The van der Waals surface area contributed by atoms with Crippen LogP contribution < -0.4 is 0 Å². The molecule has 0 radical (unpaired) electrons. The van der Waals surface area contributed by atoms with Gasteiger partial charge >= 0.3 is 0 Å². The summed E-state index contributed by atoms with van der Waals surface area (Å²) in [5.74, 6) is -0.229. The van der Waals surface area contributed by atoms with Gasteiger partial charge in [0.1, 0.15) is 0 Å². The molecule has 0 atom stereocenters. The third-order valence-electron chi connectivity index (χ3n) is 2.07. The summed E-state index contributed by atoms with van der Waals surface area (Å²) in [4.78, 5) is 10.0. The van der Waals surface area contributed by atoms with Crippen LogP contribution in [0.4, 0.5) is 5.69 Å². The molecule has 0 N–H and O–H groups in total. The minimum atomic E-state index is -3.51. The maximum absolute atomic E-state index is 11.6. The van der Waals surface area contributed by atoms with E-state index in [1.807, 2.05) is 0 Å². The van der Waals surface area contributed by atoms with Crippen molar-refractivity contribution in [2.24, 2.45) is 0 Å². The fraction of sp³-hybridized carbons (Fsp3) is 0.200. The van der Waals surface area contributed by atoms with Crippen LogP contribution >= 0.6 is 0 Å². The summed E-state index contributed by atoms with van der Waals surface area (Å²) in [6, 6.07) is 3.86. The van der Waals surface area contributed by atoms with Gasteiger partial charge in [-0.1, -0.05) is 12.1 Å². The lowest BCUT2D eigenvalue weighted by Gasteiger charge is -2.02. The minimum absolute atomic E-state index is 0.0512. The van der Waals surface area contributed by atoms with Gasteiger partial charge in [-0.2, -0.15) is 0 Å². The van der Waals surface area contributed by atoms with Crippen LogP contribution in [0.25, 0.3) is 0 Å². The first-order chi connectivity index (χ1) is 7.38. The SMILES string of the molecule is C=CCS(=O)(=O)c1ccc(C)c([N+](=O)[O-])c1. The zero-order valence-electron chi connectivity index (χ0n) is 8.71. The molecule has 6 heteroatoms. The fourth-order valence-electron chi connectivity index (χ4n) is 1.23. The first-order valence-electron chi connectivity index (χ1n) is 4.47. The smallest absolute Gasteiger partial charge is 0.258 e. The van der Waals surface area contributed by atoms with E-state index < -0.39 is 14.8 Å². The summed E-state index contributed by atoms with van der Waals surface area (Å²) < 4.78 is 23.2. The van der Waals surface area contributed by atoms with Gasteiger partial charge in [-0.25, -0.2) is 8.42 Å². The lowest BCUT2D eigenvalue weighted by molar-refractivity contribution is -0.385. The molecule has 0 aliphatic carbocycles. The Labute approximate surface area is 93.5 Å². The van der Waals surface area contributed by atoms with Crippen LogP contribution in [0, 0.1) is 17.0 Å². The molecule has 1 aromatic rings. The second-order valence-electron chi connectivity index (χ2n) is 3.28. The lowest BCUT2D eigenvalue weighted by atomic mass is 10.2. The summed E-state index contributed by atoms with van der Waals surface area (Å²) >= 11 is 0. The van der Waals surface area contributed by atoms with Crippen molar-refractivity contribution in [3.63, 3.8) is 0 Å². The van der Waals surface area contributed by atoms with Gasteiger partial charge in [-0.05, 0) is 13.0 Å². The summed E-state index contributed by atoms with van der Waals surface area (Å²) in [6.45, 7) is 4.89. The van der Waals surface area contributed by atoms with Gasteiger partial charge in [0.05, 0.1) is 15.6 Å². The van der Waals surface area contributed by atoms with Crippen LogP contribution in [-0.4, -0.2) is 19.1 Å². The van der Waals surface area contributed by atoms with Crippen molar-refractivity contribution < 1.29 is 13.3 Å². The van der Waals surface area contributed by atoms with Crippen LogP contribution in [0.1, 0.15) is 5.56 Å². The van der Waals surface area contributed by atoms with Crippen molar-refractivity contribution in [1.82, 2.24) is 0 Å². The first kappa shape index (κ1) is 12.4. The second kappa shape index (κ2) is 4.44.